The van der Waals surface area contributed by atoms with E-state index in [0.717, 1.165) is 38.5 Å². The zero-order valence-electron chi connectivity index (χ0n) is 17.8. The molecular formula is C25H39O8-. The highest BCUT2D eigenvalue weighted by atomic mass is 16.8. The molecule has 0 aromatic heterocycles. The number of ether oxygens (including phenoxy) is 4. The molecule has 2 aliphatic carbocycles. The molecule has 188 valence electrons. The summed E-state index contributed by atoms with van der Waals surface area (Å²) in [5, 5.41) is 12.5. The van der Waals surface area contributed by atoms with Crippen LogP contribution in [0.25, 0.3) is 0 Å². The summed E-state index contributed by atoms with van der Waals surface area (Å²) < 4.78 is 22.0. The Labute approximate surface area is 198 Å². The van der Waals surface area contributed by atoms with Gasteiger partial charge < -0.3 is 24.1 Å². The lowest BCUT2D eigenvalue weighted by Gasteiger charge is -2.50. The summed E-state index contributed by atoms with van der Waals surface area (Å²) in [7, 11) is 0. The van der Waals surface area contributed by atoms with E-state index in [0.29, 0.717) is 12.8 Å². The van der Waals surface area contributed by atoms with Crippen molar-refractivity contribution in [2.24, 2.45) is 11.8 Å². The summed E-state index contributed by atoms with van der Waals surface area (Å²) in [5.74, 6) is -5.67. The van der Waals surface area contributed by atoms with Gasteiger partial charge in [-0.05, 0) is 44.3 Å². The highest BCUT2D eigenvalue weighted by molar-refractivity contribution is 6.15. The van der Waals surface area contributed by atoms with E-state index in [2.05, 4.69) is 0 Å². The van der Waals surface area contributed by atoms with Gasteiger partial charge in [0, 0.05) is 21.1 Å². The topological polar surface area (TPSA) is 111 Å². The zero-order chi connectivity index (χ0) is 22.2. The highest BCUT2D eigenvalue weighted by Gasteiger charge is 2.50. The lowest BCUT2D eigenvalue weighted by atomic mass is 9.84. The van der Waals surface area contributed by atoms with E-state index in [1.165, 1.54) is 18.2 Å². The Morgan fingerprint density at radius 1 is 0.818 bits per heavy atom. The predicted molar refractivity (Wildman–Crippen MR) is 122 cm³/mol. The highest BCUT2D eigenvalue weighted by Crippen LogP contribution is 2.42. The fourth-order valence-electron chi connectivity index (χ4n) is 4.75. The maximum absolute atomic E-state index is 12.5. The van der Waals surface area contributed by atoms with E-state index in [4.69, 9.17) is 18.9 Å². The summed E-state index contributed by atoms with van der Waals surface area (Å²) in [6, 6.07) is 0. The van der Waals surface area contributed by atoms with Gasteiger partial charge in [0.05, 0.1) is 11.5 Å². The maximum Gasteiger partial charge on any atom is 0.348 e. The zero-order valence-corrected chi connectivity index (χ0v) is 17.8. The van der Waals surface area contributed by atoms with Crippen LogP contribution in [0.1, 0.15) is 82.9 Å². The molecule has 0 amide bonds. The molecular weight excluding hydrogens is 428 g/mol. The SMILES string of the molecule is C.C.CC1CCCCC12OC(=O)C(=CC=CC1=C([O-])OC3(CCCCC3C)OC1=O)C(=O)O2.[HH].[HH]. The first-order chi connectivity index (χ1) is 14.8. The van der Waals surface area contributed by atoms with Crippen LogP contribution in [-0.4, -0.2) is 29.5 Å². The molecule has 0 aromatic rings. The second-order valence-corrected chi connectivity index (χ2v) is 8.83. The Bertz CT molecular complexity index is 874. The molecule has 0 N–H and O–H groups in total. The lowest BCUT2D eigenvalue weighted by Crippen LogP contribution is -2.52. The minimum Gasteiger partial charge on any atom is -0.574 e. The van der Waals surface area contributed by atoms with E-state index >= 15 is 0 Å². The average molecular weight is 468 g/mol. The standard InChI is InChI=1S/C23H28O8.2CH4.2H2/c1-14-8-3-5-12-22(14)28-18(24)16(19(25)29-22)10-7-11-17-20(26)30-23(31-21(17)27)13-6-4-9-15(23)2;;;;/h7,10-11,14-15,24H,3-6,8-9,12-13H2,1-2H3;2*1H4;2*1H/p-1. The number of carbonyl (C=O) groups excluding carboxylic acids is 3. The van der Waals surface area contributed by atoms with Gasteiger partial charge in [0.1, 0.15) is 5.57 Å². The summed E-state index contributed by atoms with van der Waals surface area (Å²) in [4.78, 5) is 37.4. The molecule has 2 aliphatic heterocycles. The summed E-state index contributed by atoms with van der Waals surface area (Å²) in [6.45, 7) is 3.79. The van der Waals surface area contributed by atoms with Gasteiger partial charge in [-0.1, -0.05) is 47.6 Å². The van der Waals surface area contributed by atoms with Crippen molar-refractivity contribution in [2.75, 3.05) is 0 Å². The van der Waals surface area contributed by atoms with Gasteiger partial charge in [-0.3, -0.25) is 0 Å². The van der Waals surface area contributed by atoms with E-state index in [9.17, 15) is 19.5 Å². The van der Waals surface area contributed by atoms with Crippen molar-refractivity contribution in [3.05, 3.63) is 35.3 Å². The van der Waals surface area contributed by atoms with Crippen LogP contribution in [0.4, 0.5) is 0 Å². The molecule has 8 heteroatoms. The molecule has 3 unspecified atom stereocenters. The number of allylic oxidation sites excluding steroid dienone is 2. The lowest BCUT2D eigenvalue weighted by molar-refractivity contribution is -0.407. The third kappa shape index (κ3) is 4.80. The van der Waals surface area contributed by atoms with Crippen molar-refractivity contribution in [1.82, 2.24) is 0 Å². The third-order valence-corrected chi connectivity index (χ3v) is 6.79. The van der Waals surface area contributed by atoms with E-state index in [1.54, 1.807) is 0 Å². The molecule has 0 aromatic carbocycles. The Morgan fingerprint density at radius 3 is 1.79 bits per heavy atom. The van der Waals surface area contributed by atoms with Gasteiger partial charge in [0.2, 0.25) is 0 Å². The summed E-state index contributed by atoms with van der Waals surface area (Å²) in [6.07, 6.45) is 9.78. The molecule has 4 aliphatic rings. The van der Waals surface area contributed by atoms with Gasteiger partial charge in [-0.15, -0.1) is 0 Å². The summed E-state index contributed by atoms with van der Waals surface area (Å²) >= 11 is 0. The third-order valence-electron chi connectivity index (χ3n) is 6.79. The van der Waals surface area contributed by atoms with Crippen LogP contribution in [0, 0.1) is 11.8 Å². The molecule has 2 saturated carbocycles. The van der Waals surface area contributed by atoms with Crippen molar-refractivity contribution in [2.45, 2.75) is 91.6 Å². The number of esters is 3. The molecule has 0 bridgehead atoms. The first-order valence-corrected chi connectivity index (χ1v) is 10.9. The van der Waals surface area contributed by atoms with Crippen LogP contribution < -0.4 is 5.11 Å². The number of carbonyl (C=O) groups is 3. The number of hydrogen-bond donors (Lipinski definition) is 0. The molecule has 8 nitrogen and oxygen atoms in total. The second kappa shape index (κ2) is 10.0. The molecule has 2 heterocycles. The summed E-state index contributed by atoms with van der Waals surface area (Å²) in [5.41, 5.74) is -0.592. The smallest absolute Gasteiger partial charge is 0.348 e. The van der Waals surface area contributed by atoms with Gasteiger partial charge in [0.15, 0.2) is 5.79 Å². The molecule has 1 saturated heterocycles. The second-order valence-electron chi connectivity index (χ2n) is 8.83. The van der Waals surface area contributed by atoms with Gasteiger partial charge in [-0.25, -0.2) is 14.4 Å². The average Bonchev–Trinajstić information content (AvgIpc) is 2.71. The van der Waals surface area contributed by atoms with Crippen LogP contribution in [0.5, 0.6) is 0 Å². The Morgan fingerprint density at radius 2 is 1.30 bits per heavy atom. The fourth-order valence-corrected chi connectivity index (χ4v) is 4.75. The molecule has 3 atom stereocenters. The van der Waals surface area contributed by atoms with Crippen molar-refractivity contribution >= 4 is 17.9 Å². The van der Waals surface area contributed by atoms with Crippen molar-refractivity contribution in [1.29, 1.82) is 0 Å². The van der Waals surface area contributed by atoms with Gasteiger partial charge >= 0.3 is 17.9 Å². The molecule has 33 heavy (non-hydrogen) atoms. The minimum atomic E-state index is -1.20. The Kier molecular flexibility index (Phi) is 8.04. The van der Waals surface area contributed by atoms with Crippen LogP contribution in [0.2, 0.25) is 0 Å². The first kappa shape index (κ1) is 26.5. The predicted octanol–water partition coefficient (Wildman–Crippen LogP) is 4.29. The maximum atomic E-state index is 12.5. The largest absolute Gasteiger partial charge is 0.574 e. The molecule has 4 rings (SSSR count). The Hall–Kier alpha value is -2.77. The quantitative estimate of drug-likeness (QED) is 0.336. The number of hydrogen-bond acceptors (Lipinski definition) is 8. The van der Waals surface area contributed by atoms with Gasteiger partial charge in [-0.2, -0.15) is 0 Å². The molecule has 3 fully saturated rings. The van der Waals surface area contributed by atoms with Crippen LogP contribution in [0.15, 0.2) is 35.3 Å². The van der Waals surface area contributed by atoms with Crippen molar-refractivity contribution in [3.8, 4) is 0 Å². The normalized spacial score (nSPS) is 34.1. The van der Waals surface area contributed by atoms with E-state index in [1.807, 2.05) is 13.8 Å². The van der Waals surface area contributed by atoms with Crippen LogP contribution >= 0.6 is 0 Å². The van der Waals surface area contributed by atoms with E-state index < -0.39 is 35.4 Å². The number of rotatable bonds is 2. The van der Waals surface area contributed by atoms with Crippen molar-refractivity contribution < 1.29 is 41.3 Å². The minimum absolute atomic E-state index is 0. The monoisotopic (exact) mass is 467 g/mol. The fraction of sp³-hybridized carbons (Fsp3) is 0.640. The molecule has 0 radical (unpaired) electrons. The van der Waals surface area contributed by atoms with Crippen LogP contribution in [-0.2, 0) is 33.3 Å². The first-order valence-electron chi connectivity index (χ1n) is 10.9. The van der Waals surface area contributed by atoms with E-state index in [-0.39, 0.29) is 40.7 Å². The Balaban J connectivity index is 0.00000289. The van der Waals surface area contributed by atoms with Gasteiger partial charge in [0.25, 0.3) is 5.79 Å². The van der Waals surface area contributed by atoms with Crippen molar-refractivity contribution in [3.63, 3.8) is 0 Å². The molecule has 2 spiro atoms. The van der Waals surface area contributed by atoms with Crippen LogP contribution in [0.3, 0.4) is 0 Å².